The van der Waals surface area contributed by atoms with Gasteiger partial charge < -0.3 is 5.32 Å². The normalized spacial score (nSPS) is 12.5. The Hall–Kier alpha value is -2.34. The molecule has 1 atom stereocenters. The van der Waals surface area contributed by atoms with E-state index in [9.17, 15) is 13.2 Å². The van der Waals surface area contributed by atoms with Crippen molar-refractivity contribution in [3.05, 3.63) is 60.2 Å². The highest BCUT2D eigenvalue weighted by Crippen LogP contribution is 2.23. The van der Waals surface area contributed by atoms with E-state index < -0.39 is 16.1 Å². The molecular formula is C18H22N2O3S. The Balaban J connectivity index is 2.32. The Morgan fingerprint density at radius 1 is 1.08 bits per heavy atom. The molecule has 0 aliphatic rings. The molecule has 0 bridgehead atoms. The number of hydrogen-bond donors (Lipinski definition) is 1. The fraction of sp³-hybridized carbons (Fsp3) is 0.278. The van der Waals surface area contributed by atoms with Crippen LogP contribution in [0.5, 0.6) is 0 Å². The van der Waals surface area contributed by atoms with Crippen molar-refractivity contribution in [1.82, 2.24) is 0 Å². The molecule has 0 unspecified atom stereocenters. The number of aryl methyl sites for hydroxylation is 1. The summed E-state index contributed by atoms with van der Waals surface area (Å²) < 4.78 is 25.7. The predicted octanol–water partition coefficient (Wildman–Crippen LogP) is 3.18. The number of hydrogen-bond acceptors (Lipinski definition) is 3. The third-order valence-corrected chi connectivity index (χ3v) is 4.84. The van der Waals surface area contributed by atoms with Crippen molar-refractivity contribution >= 4 is 27.3 Å². The van der Waals surface area contributed by atoms with E-state index in [1.807, 2.05) is 19.1 Å². The molecule has 0 aromatic heterocycles. The molecule has 5 nitrogen and oxygen atoms in total. The lowest BCUT2D eigenvalue weighted by Crippen LogP contribution is -2.46. The number of nitrogens with one attached hydrogen (secondary N) is 1. The van der Waals surface area contributed by atoms with E-state index in [2.05, 4.69) is 5.32 Å². The second-order valence-corrected chi connectivity index (χ2v) is 7.53. The molecule has 0 saturated carbocycles. The van der Waals surface area contributed by atoms with Crippen LogP contribution in [0, 0.1) is 6.92 Å². The molecule has 2 aromatic rings. The minimum atomic E-state index is -3.60. The van der Waals surface area contributed by atoms with Crippen LogP contribution in [0.25, 0.3) is 0 Å². The van der Waals surface area contributed by atoms with Gasteiger partial charge >= 0.3 is 0 Å². The van der Waals surface area contributed by atoms with Crippen molar-refractivity contribution in [2.75, 3.05) is 15.9 Å². The van der Waals surface area contributed by atoms with Gasteiger partial charge in [0.2, 0.25) is 15.9 Å². The number of para-hydroxylation sites is 1. The molecule has 2 aromatic carbocycles. The fourth-order valence-corrected chi connectivity index (χ4v) is 3.71. The van der Waals surface area contributed by atoms with Crippen molar-refractivity contribution < 1.29 is 13.2 Å². The lowest BCUT2D eigenvalue weighted by atomic mass is 10.1. The highest BCUT2D eigenvalue weighted by molar-refractivity contribution is 7.92. The van der Waals surface area contributed by atoms with E-state index >= 15 is 0 Å². The highest BCUT2D eigenvalue weighted by atomic mass is 32.2. The topological polar surface area (TPSA) is 66.5 Å². The molecule has 6 heteroatoms. The number of carbonyl (C=O) groups excluding carboxylic acids is 1. The largest absolute Gasteiger partial charge is 0.324 e. The zero-order chi connectivity index (χ0) is 17.7. The van der Waals surface area contributed by atoms with Gasteiger partial charge in [-0.15, -0.1) is 0 Å². The summed E-state index contributed by atoms with van der Waals surface area (Å²) in [4.78, 5) is 12.7. The van der Waals surface area contributed by atoms with Gasteiger partial charge in [0.1, 0.15) is 6.04 Å². The first-order valence-corrected chi connectivity index (χ1v) is 9.59. The van der Waals surface area contributed by atoms with Gasteiger partial charge in [0.25, 0.3) is 0 Å². The number of rotatable bonds is 6. The van der Waals surface area contributed by atoms with Gasteiger partial charge in [0.05, 0.1) is 11.9 Å². The van der Waals surface area contributed by atoms with E-state index in [1.54, 1.807) is 49.4 Å². The molecule has 1 amide bonds. The summed E-state index contributed by atoms with van der Waals surface area (Å²) in [6, 6.07) is 15.2. The Labute approximate surface area is 143 Å². The van der Waals surface area contributed by atoms with Crippen molar-refractivity contribution in [1.29, 1.82) is 0 Å². The number of benzene rings is 2. The van der Waals surface area contributed by atoms with Gasteiger partial charge in [-0.3, -0.25) is 9.10 Å². The van der Waals surface area contributed by atoms with Gasteiger partial charge in [-0.25, -0.2) is 8.42 Å². The van der Waals surface area contributed by atoms with Crippen molar-refractivity contribution in [2.45, 2.75) is 26.3 Å². The lowest BCUT2D eigenvalue weighted by molar-refractivity contribution is -0.117. The monoisotopic (exact) mass is 346 g/mol. The average molecular weight is 346 g/mol. The zero-order valence-corrected chi connectivity index (χ0v) is 14.9. The maximum Gasteiger partial charge on any atom is 0.248 e. The molecule has 1 N–H and O–H groups in total. The highest BCUT2D eigenvalue weighted by Gasteiger charge is 2.31. The van der Waals surface area contributed by atoms with Crippen LogP contribution in [0.4, 0.5) is 11.4 Å². The molecule has 0 aliphatic heterocycles. The molecular weight excluding hydrogens is 324 g/mol. The van der Waals surface area contributed by atoms with Crippen LogP contribution in [0.1, 0.15) is 18.9 Å². The van der Waals surface area contributed by atoms with Crippen molar-refractivity contribution in [2.24, 2.45) is 0 Å². The van der Waals surface area contributed by atoms with Crippen LogP contribution in [0.15, 0.2) is 54.6 Å². The minimum Gasteiger partial charge on any atom is -0.324 e. The third kappa shape index (κ3) is 4.35. The second-order valence-electron chi connectivity index (χ2n) is 5.67. The summed E-state index contributed by atoms with van der Waals surface area (Å²) >= 11 is 0. The molecule has 0 heterocycles. The molecule has 0 fully saturated rings. The number of carbonyl (C=O) groups is 1. The number of nitrogens with zero attached hydrogens (tertiary/aromatic N) is 1. The van der Waals surface area contributed by atoms with E-state index in [4.69, 9.17) is 0 Å². The van der Waals surface area contributed by atoms with Crippen LogP contribution in [0.3, 0.4) is 0 Å². The maximum absolute atomic E-state index is 12.7. The summed E-state index contributed by atoms with van der Waals surface area (Å²) in [7, 11) is -3.60. The van der Waals surface area contributed by atoms with Crippen molar-refractivity contribution in [3.63, 3.8) is 0 Å². The Morgan fingerprint density at radius 3 is 2.17 bits per heavy atom. The van der Waals surface area contributed by atoms with Gasteiger partial charge in [0.15, 0.2) is 0 Å². The molecule has 0 aliphatic carbocycles. The average Bonchev–Trinajstić information content (AvgIpc) is 2.54. The quantitative estimate of drug-likeness (QED) is 0.873. The summed E-state index contributed by atoms with van der Waals surface area (Å²) in [5.41, 5.74) is 2.21. The van der Waals surface area contributed by atoms with E-state index in [1.165, 1.54) is 4.31 Å². The Morgan fingerprint density at radius 2 is 1.67 bits per heavy atom. The van der Waals surface area contributed by atoms with Gasteiger partial charge in [-0.05, 0) is 37.6 Å². The summed E-state index contributed by atoms with van der Waals surface area (Å²) in [5, 5.41) is 2.80. The van der Waals surface area contributed by atoms with E-state index in [-0.39, 0.29) is 5.91 Å². The van der Waals surface area contributed by atoms with Gasteiger partial charge in [-0.2, -0.15) is 0 Å². The maximum atomic E-state index is 12.7. The standard InChI is InChI=1S/C18H22N2O3S/c1-4-17(18(21)19-15-12-10-14(2)11-13-15)20(24(3,22)23)16-8-6-5-7-9-16/h5-13,17H,4H2,1-3H3,(H,19,21)/t17-/m0/s1. The molecule has 0 spiro atoms. The van der Waals surface area contributed by atoms with Crippen LogP contribution in [-0.4, -0.2) is 26.6 Å². The molecule has 0 saturated heterocycles. The number of amides is 1. The Bertz CT molecular complexity index is 787. The summed E-state index contributed by atoms with van der Waals surface area (Å²) in [5.74, 6) is -0.351. The summed E-state index contributed by atoms with van der Waals surface area (Å²) in [6.07, 6.45) is 1.47. The lowest BCUT2D eigenvalue weighted by Gasteiger charge is -2.30. The number of sulfonamides is 1. The van der Waals surface area contributed by atoms with Crippen LogP contribution in [0.2, 0.25) is 0 Å². The first-order valence-electron chi connectivity index (χ1n) is 7.75. The zero-order valence-electron chi connectivity index (χ0n) is 14.1. The molecule has 0 radical (unpaired) electrons. The first-order chi connectivity index (χ1) is 11.3. The first kappa shape index (κ1) is 18.0. The van der Waals surface area contributed by atoms with Crippen molar-refractivity contribution in [3.8, 4) is 0 Å². The SMILES string of the molecule is CC[C@@H](C(=O)Nc1ccc(C)cc1)N(c1ccccc1)S(C)(=O)=O. The molecule has 128 valence electrons. The van der Waals surface area contributed by atoms with Gasteiger partial charge in [0, 0.05) is 5.69 Å². The molecule has 24 heavy (non-hydrogen) atoms. The van der Waals surface area contributed by atoms with E-state index in [0.29, 0.717) is 17.8 Å². The second kappa shape index (κ2) is 7.49. The minimum absolute atomic E-state index is 0.351. The Kier molecular flexibility index (Phi) is 5.62. The van der Waals surface area contributed by atoms with E-state index in [0.717, 1.165) is 11.8 Å². The van der Waals surface area contributed by atoms with Crippen LogP contribution >= 0.6 is 0 Å². The smallest absolute Gasteiger partial charge is 0.248 e. The van der Waals surface area contributed by atoms with Crippen LogP contribution < -0.4 is 9.62 Å². The number of anilines is 2. The summed E-state index contributed by atoms with van der Waals surface area (Å²) in [6.45, 7) is 3.75. The van der Waals surface area contributed by atoms with Crippen LogP contribution in [-0.2, 0) is 14.8 Å². The third-order valence-electron chi connectivity index (χ3n) is 3.66. The fourth-order valence-electron chi connectivity index (χ4n) is 2.50. The predicted molar refractivity (Wildman–Crippen MR) is 97.7 cm³/mol. The van der Waals surface area contributed by atoms with Gasteiger partial charge in [-0.1, -0.05) is 42.8 Å². The molecule has 2 rings (SSSR count).